The Kier molecular flexibility index (Phi) is 6.95. The molecule has 0 spiro atoms. The zero-order valence-corrected chi connectivity index (χ0v) is 14.5. The fourth-order valence-electron chi connectivity index (χ4n) is 2.27. The first-order valence-electron chi connectivity index (χ1n) is 8.14. The smallest absolute Gasteiger partial charge is 0.337 e. The second-order valence-electron chi connectivity index (χ2n) is 5.38. The van der Waals surface area contributed by atoms with Crippen molar-refractivity contribution in [2.24, 2.45) is 0 Å². The molecule has 2 aromatic rings. The summed E-state index contributed by atoms with van der Waals surface area (Å²) in [6, 6.07) is 10.9. The molecule has 0 bridgehead atoms. The summed E-state index contributed by atoms with van der Waals surface area (Å²) >= 11 is 0. The minimum absolute atomic E-state index is 0.0702. The van der Waals surface area contributed by atoms with Crippen molar-refractivity contribution in [2.45, 2.75) is 26.3 Å². The summed E-state index contributed by atoms with van der Waals surface area (Å²) < 4.78 is 10.1. The Balaban J connectivity index is 1.79. The van der Waals surface area contributed by atoms with Gasteiger partial charge in [0.2, 0.25) is 5.91 Å². The molecule has 0 saturated heterocycles. The molecule has 1 amide bonds. The molecule has 1 aromatic heterocycles. The SMILES string of the molecule is CCOc1ccc(CCC(=O)NCc2cc(C(=O)OC)ccn2)cc1. The number of rotatable bonds is 8. The van der Waals surface area contributed by atoms with Crippen LogP contribution in [0.4, 0.5) is 0 Å². The van der Waals surface area contributed by atoms with E-state index in [1.165, 1.54) is 13.3 Å². The Morgan fingerprint density at radius 3 is 2.60 bits per heavy atom. The van der Waals surface area contributed by atoms with Crippen LogP contribution in [0.3, 0.4) is 0 Å². The molecule has 6 heteroatoms. The maximum Gasteiger partial charge on any atom is 0.337 e. The van der Waals surface area contributed by atoms with Gasteiger partial charge in [-0.2, -0.15) is 0 Å². The van der Waals surface area contributed by atoms with E-state index in [2.05, 4.69) is 15.0 Å². The van der Waals surface area contributed by atoms with Crippen LogP contribution in [-0.4, -0.2) is 30.6 Å². The molecule has 2 rings (SSSR count). The predicted octanol–water partition coefficient (Wildman–Crippen LogP) is 2.52. The maximum atomic E-state index is 12.0. The molecule has 0 atom stereocenters. The van der Waals surface area contributed by atoms with Crippen LogP contribution < -0.4 is 10.1 Å². The van der Waals surface area contributed by atoms with Crippen LogP contribution in [0.2, 0.25) is 0 Å². The minimum atomic E-state index is -0.425. The molecule has 0 saturated carbocycles. The van der Waals surface area contributed by atoms with Crippen LogP contribution >= 0.6 is 0 Å². The van der Waals surface area contributed by atoms with Gasteiger partial charge in [-0.15, -0.1) is 0 Å². The average molecular weight is 342 g/mol. The van der Waals surface area contributed by atoms with E-state index in [0.29, 0.717) is 30.7 Å². The van der Waals surface area contributed by atoms with Crippen LogP contribution in [-0.2, 0) is 22.5 Å². The normalized spacial score (nSPS) is 10.2. The highest BCUT2D eigenvalue weighted by Gasteiger charge is 2.08. The first kappa shape index (κ1) is 18.4. The number of nitrogens with one attached hydrogen (secondary N) is 1. The number of carbonyl (C=O) groups excluding carboxylic acids is 2. The monoisotopic (exact) mass is 342 g/mol. The topological polar surface area (TPSA) is 77.5 Å². The molecule has 1 aromatic carbocycles. The fraction of sp³-hybridized carbons (Fsp3) is 0.316. The number of methoxy groups -OCH3 is 1. The van der Waals surface area contributed by atoms with Gasteiger partial charge in [0.1, 0.15) is 5.75 Å². The molecule has 132 valence electrons. The summed E-state index contributed by atoms with van der Waals surface area (Å²) in [5.74, 6) is 0.330. The standard InChI is InChI=1S/C19H22N2O4/c1-3-25-17-7-4-14(5-8-17)6-9-18(22)21-13-16-12-15(10-11-20-16)19(23)24-2/h4-5,7-8,10-12H,3,6,9,13H2,1-2H3,(H,21,22). The third-order valence-corrected chi connectivity index (χ3v) is 3.58. The van der Waals surface area contributed by atoms with Crippen molar-refractivity contribution in [1.29, 1.82) is 0 Å². The van der Waals surface area contributed by atoms with E-state index >= 15 is 0 Å². The lowest BCUT2D eigenvalue weighted by Gasteiger charge is -2.07. The summed E-state index contributed by atoms with van der Waals surface area (Å²) in [7, 11) is 1.32. The molecular weight excluding hydrogens is 320 g/mol. The molecule has 1 heterocycles. The summed E-state index contributed by atoms with van der Waals surface area (Å²) in [6.07, 6.45) is 2.55. The van der Waals surface area contributed by atoms with Crippen molar-refractivity contribution in [3.8, 4) is 5.75 Å². The second kappa shape index (κ2) is 9.42. The highest BCUT2D eigenvalue weighted by Crippen LogP contribution is 2.13. The number of amides is 1. The molecule has 1 N–H and O–H groups in total. The van der Waals surface area contributed by atoms with Crippen molar-refractivity contribution in [3.05, 3.63) is 59.4 Å². The molecule has 25 heavy (non-hydrogen) atoms. The van der Waals surface area contributed by atoms with E-state index in [1.54, 1.807) is 12.1 Å². The molecule has 0 fully saturated rings. The third kappa shape index (κ3) is 5.91. The van der Waals surface area contributed by atoms with E-state index in [-0.39, 0.29) is 12.5 Å². The van der Waals surface area contributed by atoms with Crippen LogP contribution in [0.5, 0.6) is 5.75 Å². The summed E-state index contributed by atoms with van der Waals surface area (Å²) in [4.78, 5) is 27.6. The second-order valence-corrected chi connectivity index (χ2v) is 5.38. The number of carbonyl (C=O) groups is 2. The van der Waals surface area contributed by atoms with E-state index in [1.807, 2.05) is 31.2 Å². The van der Waals surface area contributed by atoms with Gasteiger partial charge in [0.05, 0.1) is 31.5 Å². The number of hydrogen-bond acceptors (Lipinski definition) is 5. The highest BCUT2D eigenvalue weighted by atomic mass is 16.5. The van der Waals surface area contributed by atoms with Crippen molar-refractivity contribution in [3.63, 3.8) is 0 Å². The Labute approximate surface area is 147 Å². The van der Waals surface area contributed by atoms with Crippen LogP contribution in [0.25, 0.3) is 0 Å². The first-order valence-corrected chi connectivity index (χ1v) is 8.14. The molecule has 0 aliphatic heterocycles. The number of hydrogen-bond donors (Lipinski definition) is 1. The van der Waals surface area contributed by atoms with Gasteiger partial charge < -0.3 is 14.8 Å². The molecular formula is C19H22N2O4. The quantitative estimate of drug-likeness (QED) is 0.746. The average Bonchev–Trinajstić information content (AvgIpc) is 2.65. The number of aromatic nitrogens is 1. The number of nitrogens with zero attached hydrogens (tertiary/aromatic N) is 1. The maximum absolute atomic E-state index is 12.0. The summed E-state index contributed by atoms with van der Waals surface area (Å²) in [5, 5.41) is 2.81. The number of pyridine rings is 1. The lowest BCUT2D eigenvalue weighted by Crippen LogP contribution is -2.23. The van der Waals surface area contributed by atoms with E-state index < -0.39 is 5.97 Å². The summed E-state index contributed by atoms with van der Waals surface area (Å²) in [6.45, 7) is 2.84. The Morgan fingerprint density at radius 2 is 1.92 bits per heavy atom. The van der Waals surface area contributed by atoms with Crippen molar-refractivity contribution in [1.82, 2.24) is 10.3 Å². The van der Waals surface area contributed by atoms with Gasteiger partial charge in [-0.25, -0.2) is 4.79 Å². The van der Waals surface area contributed by atoms with Crippen LogP contribution in [0, 0.1) is 0 Å². The van der Waals surface area contributed by atoms with E-state index in [0.717, 1.165) is 11.3 Å². The lowest BCUT2D eigenvalue weighted by molar-refractivity contribution is -0.121. The number of aryl methyl sites for hydroxylation is 1. The van der Waals surface area contributed by atoms with Gasteiger partial charge in [0, 0.05) is 12.6 Å². The zero-order valence-electron chi connectivity index (χ0n) is 14.5. The Hall–Kier alpha value is -2.89. The lowest BCUT2D eigenvalue weighted by atomic mass is 10.1. The Morgan fingerprint density at radius 1 is 1.16 bits per heavy atom. The van der Waals surface area contributed by atoms with Crippen molar-refractivity contribution in [2.75, 3.05) is 13.7 Å². The zero-order chi connectivity index (χ0) is 18.1. The van der Waals surface area contributed by atoms with Gasteiger partial charge in [-0.1, -0.05) is 12.1 Å². The Bertz CT molecular complexity index is 714. The highest BCUT2D eigenvalue weighted by molar-refractivity contribution is 5.89. The number of esters is 1. The van der Waals surface area contributed by atoms with Gasteiger partial charge in [-0.05, 0) is 43.2 Å². The number of benzene rings is 1. The van der Waals surface area contributed by atoms with Gasteiger partial charge in [-0.3, -0.25) is 9.78 Å². The van der Waals surface area contributed by atoms with Crippen molar-refractivity contribution < 1.29 is 19.1 Å². The molecule has 0 aliphatic carbocycles. The van der Waals surface area contributed by atoms with Crippen LogP contribution in [0.15, 0.2) is 42.6 Å². The molecule has 0 unspecified atom stereocenters. The largest absolute Gasteiger partial charge is 0.494 e. The molecule has 0 aliphatic rings. The van der Waals surface area contributed by atoms with Gasteiger partial charge in [0.25, 0.3) is 0 Å². The molecule has 6 nitrogen and oxygen atoms in total. The fourth-order valence-corrected chi connectivity index (χ4v) is 2.27. The predicted molar refractivity (Wildman–Crippen MR) is 93.4 cm³/mol. The molecule has 0 radical (unpaired) electrons. The van der Waals surface area contributed by atoms with E-state index in [4.69, 9.17) is 4.74 Å². The third-order valence-electron chi connectivity index (χ3n) is 3.58. The summed E-state index contributed by atoms with van der Waals surface area (Å²) in [5.41, 5.74) is 2.10. The van der Waals surface area contributed by atoms with Gasteiger partial charge >= 0.3 is 5.97 Å². The van der Waals surface area contributed by atoms with Crippen LogP contribution in [0.1, 0.15) is 35.0 Å². The van der Waals surface area contributed by atoms with Gasteiger partial charge in [0.15, 0.2) is 0 Å². The number of ether oxygens (including phenoxy) is 2. The minimum Gasteiger partial charge on any atom is -0.494 e. The first-order chi connectivity index (χ1) is 12.1. The van der Waals surface area contributed by atoms with E-state index in [9.17, 15) is 9.59 Å². The van der Waals surface area contributed by atoms with Crippen molar-refractivity contribution >= 4 is 11.9 Å².